The Morgan fingerprint density at radius 1 is 1.47 bits per heavy atom. The highest BCUT2D eigenvalue weighted by Gasteiger charge is 2.17. The maximum Gasteiger partial charge on any atom is 0.266 e. The number of nitrogens with one attached hydrogen (secondary N) is 1. The van der Waals surface area contributed by atoms with E-state index in [-0.39, 0.29) is 10.9 Å². The predicted octanol–water partition coefficient (Wildman–Crippen LogP) is 3.86. The lowest BCUT2D eigenvalue weighted by Crippen LogP contribution is -2.30. The topological polar surface area (TPSA) is 51.2 Å². The first-order valence-corrected chi connectivity index (χ1v) is 7.02. The fourth-order valence-corrected chi connectivity index (χ4v) is 2.18. The maximum absolute atomic E-state index is 11.9. The smallest absolute Gasteiger partial charge is 0.266 e. The van der Waals surface area contributed by atoms with Gasteiger partial charge in [-0.05, 0) is 19.1 Å². The fourth-order valence-electron chi connectivity index (χ4n) is 1.31. The Balaban J connectivity index is 2.02. The largest absolute Gasteiger partial charge is 0.479 e. The molecule has 2 rings (SSSR count). The molecule has 0 aliphatic rings. The van der Waals surface area contributed by atoms with E-state index in [9.17, 15) is 4.79 Å². The van der Waals surface area contributed by atoms with Crippen LogP contribution < -0.4 is 10.1 Å². The number of benzene rings is 1. The maximum atomic E-state index is 11.9. The molecule has 100 valence electrons. The highest BCUT2D eigenvalue weighted by molar-refractivity contribution is 7.13. The average molecular weight is 317 g/mol. The molecule has 1 amide bonds. The normalized spacial score (nSPS) is 11.9. The number of aromatic nitrogens is 1. The third-order valence-electron chi connectivity index (χ3n) is 2.25. The summed E-state index contributed by atoms with van der Waals surface area (Å²) in [6.07, 6.45) is 0.902. The lowest BCUT2D eigenvalue weighted by atomic mass is 10.3. The number of carbonyl (C=O) groups excluding carboxylic acids is 1. The summed E-state index contributed by atoms with van der Waals surface area (Å²) < 4.78 is 5.48. The van der Waals surface area contributed by atoms with Crippen molar-refractivity contribution in [1.29, 1.82) is 0 Å². The molecule has 0 bridgehead atoms. The van der Waals surface area contributed by atoms with Crippen LogP contribution in [0.5, 0.6) is 5.75 Å². The molecule has 0 saturated carbocycles. The monoisotopic (exact) mass is 316 g/mol. The van der Waals surface area contributed by atoms with Gasteiger partial charge in [-0.1, -0.05) is 29.3 Å². The number of rotatable bonds is 4. The van der Waals surface area contributed by atoms with Crippen LogP contribution >= 0.6 is 34.5 Å². The van der Waals surface area contributed by atoms with E-state index in [0.717, 1.165) is 0 Å². The first-order chi connectivity index (χ1) is 9.08. The van der Waals surface area contributed by atoms with Crippen LogP contribution in [0.4, 0.5) is 5.13 Å². The van der Waals surface area contributed by atoms with Gasteiger partial charge in [0.1, 0.15) is 10.8 Å². The van der Waals surface area contributed by atoms with Crippen molar-refractivity contribution in [1.82, 2.24) is 4.98 Å². The molecule has 2 aromatic rings. The summed E-state index contributed by atoms with van der Waals surface area (Å²) in [5.74, 6) is 0.0712. The number of thiazole rings is 1. The second-order valence-corrected chi connectivity index (χ2v) is 5.32. The number of nitrogens with zero attached hydrogens (tertiary/aromatic N) is 1. The van der Waals surface area contributed by atoms with Gasteiger partial charge in [0.05, 0.1) is 5.02 Å². The van der Waals surface area contributed by atoms with E-state index in [1.165, 1.54) is 11.3 Å². The lowest BCUT2D eigenvalue weighted by molar-refractivity contribution is -0.122. The summed E-state index contributed by atoms with van der Waals surface area (Å²) in [5, 5.41) is 5.61. The predicted molar refractivity (Wildman–Crippen MR) is 77.3 cm³/mol. The highest BCUT2D eigenvalue weighted by Crippen LogP contribution is 2.32. The van der Waals surface area contributed by atoms with E-state index >= 15 is 0 Å². The number of anilines is 1. The Hall–Kier alpha value is -1.30. The minimum atomic E-state index is -0.708. The number of halogens is 2. The molecule has 1 atom stereocenters. The third kappa shape index (κ3) is 3.59. The van der Waals surface area contributed by atoms with E-state index in [2.05, 4.69) is 10.3 Å². The number of hydrogen-bond donors (Lipinski definition) is 1. The summed E-state index contributed by atoms with van der Waals surface area (Å²) in [4.78, 5) is 15.8. The molecular formula is C12H10Cl2N2O2S. The Labute approximate surface area is 124 Å². The Morgan fingerprint density at radius 3 is 2.95 bits per heavy atom. The second kappa shape index (κ2) is 6.23. The van der Waals surface area contributed by atoms with Gasteiger partial charge < -0.3 is 4.74 Å². The Bertz CT molecular complexity index is 575. The van der Waals surface area contributed by atoms with Gasteiger partial charge in [0.2, 0.25) is 0 Å². The van der Waals surface area contributed by atoms with Crippen molar-refractivity contribution in [3.63, 3.8) is 0 Å². The van der Waals surface area contributed by atoms with Crippen molar-refractivity contribution in [2.75, 3.05) is 5.32 Å². The lowest BCUT2D eigenvalue weighted by Gasteiger charge is -2.15. The van der Waals surface area contributed by atoms with Crippen LogP contribution in [0, 0.1) is 0 Å². The van der Waals surface area contributed by atoms with Crippen molar-refractivity contribution in [3.8, 4) is 5.75 Å². The quantitative estimate of drug-likeness (QED) is 0.931. The van der Waals surface area contributed by atoms with Crippen LogP contribution in [0.15, 0.2) is 29.8 Å². The standard InChI is InChI=1S/C12H10Cl2N2O2S/c1-7(11(17)16-12-15-5-6-19-12)18-9-4-2-3-8(13)10(9)14/h2-7H,1H3,(H,15,16,17). The second-order valence-electron chi connectivity index (χ2n) is 3.64. The SMILES string of the molecule is CC(Oc1cccc(Cl)c1Cl)C(=O)Nc1nccs1. The molecule has 4 nitrogen and oxygen atoms in total. The average Bonchev–Trinajstić information content (AvgIpc) is 2.87. The molecule has 0 saturated heterocycles. The molecule has 0 aliphatic heterocycles. The zero-order chi connectivity index (χ0) is 13.8. The van der Waals surface area contributed by atoms with Crippen LogP contribution in [-0.4, -0.2) is 17.0 Å². The summed E-state index contributed by atoms with van der Waals surface area (Å²) in [6.45, 7) is 1.63. The molecule has 0 aliphatic carbocycles. The first kappa shape index (κ1) is 14.1. The minimum Gasteiger partial charge on any atom is -0.479 e. The van der Waals surface area contributed by atoms with E-state index in [0.29, 0.717) is 15.9 Å². The highest BCUT2D eigenvalue weighted by atomic mass is 35.5. The van der Waals surface area contributed by atoms with Gasteiger partial charge in [0.15, 0.2) is 11.2 Å². The summed E-state index contributed by atoms with van der Waals surface area (Å²) in [7, 11) is 0. The third-order valence-corrected chi connectivity index (χ3v) is 3.74. The van der Waals surface area contributed by atoms with Crippen LogP contribution in [0.3, 0.4) is 0 Å². The molecule has 1 unspecified atom stereocenters. The minimum absolute atomic E-state index is 0.290. The molecule has 7 heteroatoms. The first-order valence-electron chi connectivity index (χ1n) is 5.39. The Kier molecular flexibility index (Phi) is 4.63. The number of ether oxygens (including phenoxy) is 1. The molecule has 1 aromatic carbocycles. The fraction of sp³-hybridized carbons (Fsp3) is 0.167. The van der Waals surface area contributed by atoms with E-state index in [1.54, 1.807) is 36.7 Å². The molecule has 0 spiro atoms. The Morgan fingerprint density at radius 2 is 2.26 bits per heavy atom. The summed E-state index contributed by atoms with van der Waals surface area (Å²) in [5.41, 5.74) is 0. The van der Waals surface area contributed by atoms with Crippen molar-refractivity contribution < 1.29 is 9.53 Å². The van der Waals surface area contributed by atoms with Gasteiger partial charge in [0.25, 0.3) is 5.91 Å². The number of carbonyl (C=O) groups is 1. The van der Waals surface area contributed by atoms with Crippen LogP contribution in [0.2, 0.25) is 10.0 Å². The zero-order valence-electron chi connectivity index (χ0n) is 9.89. The summed E-state index contributed by atoms with van der Waals surface area (Å²) in [6, 6.07) is 5.01. The van der Waals surface area contributed by atoms with Crippen LogP contribution in [0.25, 0.3) is 0 Å². The van der Waals surface area contributed by atoms with Crippen molar-refractivity contribution in [2.45, 2.75) is 13.0 Å². The van der Waals surface area contributed by atoms with Gasteiger partial charge in [0, 0.05) is 11.6 Å². The van der Waals surface area contributed by atoms with Gasteiger partial charge >= 0.3 is 0 Å². The van der Waals surface area contributed by atoms with Crippen LogP contribution in [-0.2, 0) is 4.79 Å². The number of amides is 1. The number of hydrogen-bond acceptors (Lipinski definition) is 4. The van der Waals surface area contributed by atoms with Crippen molar-refractivity contribution >= 4 is 45.6 Å². The molecular weight excluding hydrogens is 307 g/mol. The zero-order valence-corrected chi connectivity index (χ0v) is 12.2. The molecule has 19 heavy (non-hydrogen) atoms. The molecule has 0 radical (unpaired) electrons. The van der Waals surface area contributed by atoms with E-state index in [4.69, 9.17) is 27.9 Å². The van der Waals surface area contributed by atoms with Gasteiger partial charge in [-0.2, -0.15) is 0 Å². The van der Waals surface area contributed by atoms with Crippen LogP contribution in [0.1, 0.15) is 6.92 Å². The van der Waals surface area contributed by atoms with E-state index < -0.39 is 6.10 Å². The van der Waals surface area contributed by atoms with Gasteiger partial charge in [-0.15, -0.1) is 11.3 Å². The van der Waals surface area contributed by atoms with Gasteiger partial charge in [-0.3, -0.25) is 10.1 Å². The summed E-state index contributed by atoms with van der Waals surface area (Å²) >= 11 is 13.2. The molecule has 0 fully saturated rings. The molecule has 1 N–H and O–H groups in total. The van der Waals surface area contributed by atoms with Crippen molar-refractivity contribution in [3.05, 3.63) is 39.8 Å². The van der Waals surface area contributed by atoms with Crippen molar-refractivity contribution in [2.24, 2.45) is 0 Å². The van der Waals surface area contributed by atoms with Gasteiger partial charge in [-0.25, -0.2) is 4.98 Å². The molecule has 1 aromatic heterocycles. The molecule has 1 heterocycles. The van der Waals surface area contributed by atoms with E-state index in [1.807, 2.05) is 0 Å².